The number of hydrogen-bond acceptors (Lipinski definition) is 3. The van der Waals surface area contributed by atoms with Gasteiger partial charge >= 0.3 is 5.97 Å². The molecule has 1 atom stereocenters. The average Bonchev–Trinajstić information content (AvgIpc) is 2.49. The lowest BCUT2D eigenvalue weighted by Gasteiger charge is -2.46. The number of carboxylic acids is 1. The Hall–Kier alpha value is -0.220. The lowest BCUT2D eigenvalue weighted by Crippen LogP contribution is -2.55. The number of nitrogens with two attached hydrogens (primary N) is 1. The molecule has 0 aromatic heterocycles. The zero-order valence-electron chi connectivity index (χ0n) is 7.53. The number of carboxylic acid groups (broad SMARTS) is 1. The number of carbonyl (C=O) groups is 1. The number of rotatable bonds is 2. The highest BCUT2D eigenvalue weighted by atomic mass is 32.2. The van der Waals surface area contributed by atoms with Crippen LogP contribution in [0.15, 0.2) is 0 Å². The lowest BCUT2D eigenvalue weighted by molar-refractivity contribution is -0.160. The van der Waals surface area contributed by atoms with Gasteiger partial charge in [0.05, 0.1) is 5.41 Å². The summed E-state index contributed by atoms with van der Waals surface area (Å²) in [6, 6.07) is 0.127. The number of hydrogen-bond donors (Lipinski definition) is 2. The van der Waals surface area contributed by atoms with Crippen LogP contribution >= 0.6 is 11.8 Å². The van der Waals surface area contributed by atoms with E-state index in [1.807, 2.05) is 11.8 Å². The van der Waals surface area contributed by atoms with Gasteiger partial charge in [-0.3, -0.25) is 4.79 Å². The quantitative estimate of drug-likeness (QED) is 0.697. The molecule has 1 heterocycles. The predicted molar refractivity (Wildman–Crippen MR) is 52.7 cm³/mol. The normalized spacial score (nSPS) is 44.4. The van der Waals surface area contributed by atoms with Gasteiger partial charge in [-0.2, -0.15) is 11.8 Å². The van der Waals surface area contributed by atoms with Crippen LogP contribution in [-0.4, -0.2) is 28.6 Å². The second kappa shape index (κ2) is 3.17. The maximum absolute atomic E-state index is 11.2. The second-order valence-corrected chi connectivity index (χ2v) is 5.34. The van der Waals surface area contributed by atoms with Gasteiger partial charge in [-0.25, -0.2) is 0 Å². The maximum atomic E-state index is 11.2. The first-order valence-electron chi connectivity index (χ1n) is 4.72. The van der Waals surface area contributed by atoms with Crippen molar-refractivity contribution < 1.29 is 9.90 Å². The maximum Gasteiger partial charge on any atom is 0.310 e. The van der Waals surface area contributed by atoms with Crippen molar-refractivity contribution in [2.45, 2.75) is 25.3 Å². The molecule has 2 fully saturated rings. The summed E-state index contributed by atoms with van der Waals surface area (Å²) in [5, 5.41) is 9.20. The van der Waals surface area contributed by atoms with Crippen molar-refractivity contribution >= 4 is 17.7 Å². The minimum Gasteiger partial charge on any atom is -0.481 e. The Kier molecular flexibility index (Phi) is 2.28. The fraction of sp³-hybridized carbons (Fsp3) is 0.889. The van der Waals surface area contributed by atoms with Gasteiger partial charge in [0, 0.05) is 6.04 Å². The van der Waals surface area contributed by atoms with Crippen LogP contribution in [-0.2, 0) is 4.79 Å². The first-order valence-corrected chi connectivity index (χ1v) is 5.87. The van der Waals surface area contributed by atoms with E-state index in [2.05, 4.69) is 0 Å². The Morgan fingerprint density at radius 1 is 1.54 bits per heavy atom. The molecule has 74 valence electrons. The zero-order chi connectivity index (χ0) is 9.47. The van der Waals surface area contributed by atoms with Crippen molar-refractivity contribution in [2.24, 2.45) is 17.1 Å². The summed E-state index contributed by atoms with van der Waals surface area (Å²) in [6.45, 7) is 0. The molecule has 0 radical (unpaired) electrons. The topological polar surface area (TPSA) is 63.3 Å². The van der Waals surface area contributed by atoms with Crippen LogP contribution in [0.3, 0.4) is 0 Å². The van der Waals surface area contributed by atoms with Gasteiger partial charge in [0.25, 0.3) is 0 Å². The summed E-state index contributed by atoms with van der Waals surface area (Å²) in [4.78, 5) is 11.2. The Morgan fingerprint density at radius 3 is 2.62 bits per heavy atom. The summed E-state index contributed by atoms with van der Waals surface area (Å²) in [5.41, 5.74) is 5.23. The molecule has 1 saturated heterocycles. The van der Waals surface area contributed by atoms with Crippen molar-refractivity contribution in [3.63, 3.8) is 0 Å². The monoisotopic (exact) mass is 201 g/mol. The third-order valence-corrected chi connectivity index (χ3v) is 4.55. The van der Waals surface area contributed by atoms with Crippen LogP contribution in [0.5, 0.6) is 0 Å². The smallest absolute Gasteiger partial charge is 0.310 e. The molecular formula is C9H15NO2S. The van der Waals surface area contributed by atoms with Crippen LogP contribution < -0.4 is 5.73 Å². The molecule has 3 N–H and O–H groups in total. The summed E-state index contributed by atoms with van der Waals surface area (Å²) in [5.74, 6) is 1.88. The van der Waals surface area contributed by atoms with Gasteiger partial charge in [0.1, 0.15) is 0 Å². The van der Waals surface area contributed by atoms with Crippen molar-refractivity contribution in [3.05, 3.63) is 0 Å². The van der Waals surface area contributed by atoms with E-state index >= 15 is 0 Å². The van der Waals surface area contributed by atoms with Gasteiger partial charge in [0.15, 0.2) is 0 Å². The number of aliphatic carboxylic acids is 1. The lowest BCUT2D eigenvalue weighted by atomic mass is 9.58. The van der Waals surface area contributed by atoms with Crippen LogP contribution in [0, 0.1) is 11.3 Å². The first kappa shape index (κ1) is 9.34. The first-order chi connectivity index (χ1) is 6.15. The van der Waals surface area contributed by atoms with Crippen molar-refractivity contribution in [2.75, 3.05) is 11.5 Å². The fourth-order valence-corrected chi connectivity index (χ4v) is 3.92. The van der Waals surface area contributed by atoms with Crippen LogP contribution in [0.1, 0.15) is 19.3 Å². The van der Waals surface area contributed by atoms with E-state index in [0.717, 1.165) is 17.9 Å². The molecule has 0 aromatic carbocycles. The Bertz CT molecular complexity index is 220. The molecule has 4 heteroatoms. The highest BCUT2D eigenvalue weighted by molar-refractivity contribution is 7.99. The molecule has 3 nitrogen and oxygen atoms in total. The van der Waals surface area contributed by atoms with Gasteiger partial charge in [0.2, 0.25) is 0 Å². The van der Waals surface area contributed by atoms with Crippen molar-refractivity contribution in [1.82, 2.24) is 0 Å². The molecular weight excluding hydrogens is 186 g/mol. The molecule has 2 aliphatic rings. The minimum absolute atomic E-state index is 0.127. The molecule has 0 bridgehead atoms. The molecule has 1 aliphatic carbocycles. The predicted octanol–water partition coefficient (Wildman–Crippen LogP) is 0.932. The molecule has 1 unspecified atom stereocenters. The Labute approximate surface area is 82.1 Å². The standard InChI is InChI=1S/C9H15NO2S/c10-7-3-9(4-7,8(11)12)6-1-2-13-5-6/h6-7H,1-5,10H2,(H,11,12). The summed E-state index contributed by atoms with van der Waals surface area (Å²) in [6.07, 6.45) is 2.44. The molecule has 0 spiro atoms. The number of thioether (sulfide) groups is 1. The van der Waals surface area contributed by atoms with E-state index in [9.17, 15) is 9.90 Å². The molecule has 13 heavy (non-hydrogen) atoms. The van der Waals surface area contributed by atoms with E-state index in [-0.39, 0.29) is 6.04 Å². The third kappa shape index (κ3) is 1.36. The average molecular weight is 201 g/mol. The fourth-order valence-electron chi connectivity index (χ4n) is 2.53. The van der Waals surface area contributed by atoms with Gasteiger partial charge in [-0.1, -0.05) is 0 Å². The Balaban J connectivity index is 2.10. The van der Waals surface area contributed by atoms with E-state index < -0.39 is 11.4 Å². The SMILES string of the molecule is NC1CC(C(=O)O)(C2CCSC2)C1. The van der Waals surface area contributed by atoms with Crippen LogP contribution in [0.2, 0.25) is 0 Å². The molecule has 0 amide bonds. The van der Waals surface area contributed by atoms with E-state index in [1.54, 1.807) is 0 Å². The molecule has 1 saturated carbocycles. The Morgan fingerprint density at radius 2 is 2.23 bits per heavy atom. The minimum atomic E-state index is -0.623. The van der Waals surface area contributed by atoms with Gasteiger partial charge in [-0.05, 0) is 36.7 Å². The van der Waals surface area contributed by atoms with Crippen molar-refractivity contribution in [1.29, 1.82) is 0 Å². The largest absolute Gasteiger partial charge is 0.481 e. The summed E-state index contributed by atoms with van der Waals surface area (Å²) in [7, 11) is 0. The van der Waals surface area contributed by atoms with Gasteiger partial charge < -0.3 is 10.8 Å². The molecule has 2 rings (SSSR count). The molecule has 1 aliphatic heterocycles. The third-order valence-electron chi connectivity index (χ3n) is 3.39. The van der Waals surface area contributed by atoms with Gasteiger partial charge in [-0.15, -0.1) is 0 Å². The second-order valence-electron chi connectivity index (χ2n) is 4.19. The summed E-state index contributed by atoms with van der Waals surface area (Å²) >= 11 is 1.87. The van der Waals surface area contributed by atoms with Crippen molar-refractivity contribution in [3.8, 4) is 0 Å². The van der Waals surface area contributed by atoms with E-state index in [1.165, 1.54) is 0 Å². The molecule has 0 aromatic rings. The summed E-state index contributed by atoms with van der Waals surface area (Å²) < 4.78 is 0. The van der Waals surface area contributed by atoms with Crippen LogP contribution in [0.4, 0.5) is 0 Å². The highest BCUT2D eigenvalue weighted by Gasteiger charge is 2.54. The zero-order valence-corrected chi connectivity index (χ0v) is 8.35. The highest BCUT2D eigenvalue weighted by Crippen LogP contribution is 2.51. The van der Waals surface area contributed by atoms with E-state index in [0.29, 0.717) is 18.8 Å². The van der Waals surface area contributed by atoms with Crippen LogP contribution in [0.25, 0.3) is 0 Å². The van der Waals surface area contributed by atoms with E-state index in [4.69, 9.17) is 5.73 Å².